The van der Waals surface area contributed by atoms with Crippen molar-refractivity contribution in [1.82, 2.24) is 4.90 Å². The third-order valence-electron chi connectivity index (χ3n) is 1.54. The molecule has 1 rings (SSSR count). The highest BCUT2D eigenvalue weighted by molar-refractivity contribution is 5.81. The van der Waals surface area contributed by atoms with Gasteiger partial charge in [0.15, 0.2) is 0 Å². The van der Waals surface area contributed by atoms with Gasteiger partial charge in [-0.25, -0.2) is 9.59 Å². The first kappa shape index (κ1) is 7.84. The summed E-state index contributed by atoms with van der Waals surface area (Å²) in [6, 6.07) is 0. The van der Waals surface area contributed by atoms with Crippen LogP contribution in [0.15, 0.2) is 0 Å². The summed E-state index contributed by atoms with van der Waals surface area (Å²) in [5, 5.41) is 8.44. The molecule has 0 aromatic carbocycles. The molecule has 0 radical (unpaired) electrons. The molecule has 0 bridgehead atoms. The second-order valence-electron chi connectivity index (χ2n) is 2.25. The van der Waals surface area contributed by atoms with Gasteiger partial charge in [0.05, 0.1) is 6.54 Å². The summed E-state index contributed by atoms with van der Waals surface area (Å²) >= 11 is 0. The Hall–Kier alpha value is -1.26. The maximum absolute atomic E-state index is 10.8. The lowest BCUT2D eigenvalue weighted by Gasteiger charge is -2.06. The van der Waals surface area contributed by atoms with E-state index in [1.165, 1.54) is 4.90 Å². The third-order valence-corrected chi connectivity index (χ3v) is 1.54. The molecule has 62 valence electrons. The van der Waals surface area contributed by atoms with Crippen LogP contribution in [0.4, 0.5) is 4.79 Å². The second kappa shape index (κ2) is 2.77. The van der Waals surface area contributed by atoms with E-state index in [2.05, 4.69) is 4.74 Å². The highest BCUT2D eigenvalue weighted by atomic mass is 16.6. The number of carboxylic acid groups (broad SMARTS) is 1. The number of carbonyl (C=O) groups excluding carboxylic acids is 1. The molecule has 1 aliphatic rings. The number of aliphatic carboxylic acids is 1. The minimum Gasteiger partial charge on any atom is -0.478 e. The Labute approximate surface area is 63.5 Å². The molecule has 0 aromatic heterocycles. The molecule has 0 spiro atoms. The predicted molar refractivity (Wildman–Crippen MR) is 35.2 cm³/mol. The molecule has 1 amide bonds. The van der Waals surface area contributed by atoms with Crippen molar-refractivity contribution in [2.24, 2.45) is 0 Å². The van der Waals surface area contributed by atoms with Crippen molar-refractivity contribution in [1.29, 1.82) is 0 Å². The smallest absolute Gasteiger partial charge is 0.410 e. The maximum Gasteiger partial charge on any atom is 0.410 e. The quantitative estimate of drug-likeness (QED) is 0.611. The molecule has 1 saturated heterocycles. The molecular formula is C6H9NO4. The fraction of sp³-hybridized carbons (Fsp3) is 0.667. The minimum atomic E-state index is -1.09. The van der Waals surface area contributed by atoms with Gasteiger partial charge in [0, 0.05) is 6.54 Å². The summed E-state index contributed by atoms with van der Waals surface area (Å²) in [6.07, 6.45) is -1.53. The van der Waals surface area contributed by atoms with Gasteiger partial charge in [-0.05, 0) is 6.92 Å². The average Bonchev–Trinajstić information content (AvgIpc) is 2.31. The molecule has 1 aliphatic heterocycles. The Balaban J connectivity index is 2.56. The van der Waals surface area contributed by atoms with E-state index in [1.807, 2.05) is 0 Å². The molecule has 1 atom stereocenters. The van der Waals surface area contributed by atoms with E-state index in [9.17, 15) is 9.59 Å². The van der Waals surface area contributed by atoms with E-state index in [0.29, 0.717) is 6.54 Å². The molecule has 5 nitrogen and oxygen atoms in total. The number of rotatable bonds is 2. The van der Waals surface area contributed by atoms with Gasteiger partial charge in [-0.2, -0.15) is 0 Å². The monoisotopic (exact) mass is 159 g/mol. The molecular weight excluding hydrogens is 150 g/mol. The van der Waals surface area contributed by atoms with Crippen molar-refractivity contribution in [3.05, 3.63) is 0 Å². The molecule has 0 aromatic rings. The Morgan fingerprint density at radius 3 is 2.82 bits per heavy atom. The van der Waals surface area contributed by atoms with Crippen molar-refractivity contribution in [3.63, 3.8) is 0 Å². The number of likely N-dealkylation sites (N-methyl/N-ethyl adjacent to an activating group) is 1. The van der Waals surface area contributed by atoms with Crippen molar-refractivity contribution in [3.8, 4) is 0 Å². The lowest BCUT2D eigenvalue weighted by atomic mass is 10.3. The number of hydrogen-bond acceptors (Lipinski definition) is 3. The average molecular weight is 159 g/mol. The van der Waals surface area contributed by atoms with Crippen molar-refractivity contribution < 1.29 is 19.4 Å². The second-order valence-corrected chi connectivity index (χ2v) is 2.25. The topological polar surface area (TPSA) is 66.8 Å². The van der Waals surface area contributed by atoms with Gasteiger partial charge in [-0.1, -0.05) is 0 Å². The highest BCUT2D eigenvalue weighted by Crippen LogP contribution is 2.09. The number of hydrogen-bond donors (Lipinski definition) is 1. The number of nitrogens with zero attached hydrogens (tertiary/aromatic N) is 1. The Morgan fingerprint density at radius 2 is 2.55 bits per heavy atom. The number of carbonyl (C=O) groups is 2. The van der Waals surface area contributed by atoms with Crippen LogP contribution in [0.25, 0.3) is 0 Å². The van der Waals surface area contributed by atoms with E-state index in [0.717, 1.165) is 0 Å². The van der Waals surface area contributed by atoms with Crippen LogP contribution in [-0.4, -0.2) is 41.3 Å². The van der Waals surface area contributed by atoms with Gasteiger partial charge in [0.1, 0.15) is 0 Å². The van der Waals surface area contributed by atoms with Gasteiger partial charge in [-0.15, -0.1) is 0 Å². The van der Waals surface area contributed by atoms with Crippen LogP contribution in [0.5, 0.6) is 0 Å². The molecule has 0 saturated carbocycles. The van der Waals surface area contributed by atoms with E-state index < -0.39 is 18.2 Å². The van der Waals surface area contributed by atoms with Crippen LogP contribution < -0.4 is 0 Å². The van der Waals surface area contributed by atoms with Gasteiger partial charge < -0.3 is 14.7 Å². The van der Waals surface area contributed by atoms with Crippen molar-refractivity contribution in [2.45, 2.75) is 13.0 Å². The number of ether oxygens (including phenoxy) is 1. The van der Waals surface area contributed by atoms with Gasteiger partial charge in [-0.3, -0.25) is 0 Å². The summed E-state index contributed by atoms with van der Waals surface area (Å²) in [7, 11) is 0. The molecule has 5 heteroatoms. The number of carboxylic acids is 1. The van der Waals surface area contributed by atoms with Crippen LogP contribution in [0.1, 0.15) is 6.92 Å². The van der Waals surface area contributed by atoms with Crippen molar-refractivity contribution in [2.75, 3.05) is 13.1 Å². The zero-order valence-electron chi connectivity index (χ0n) is 6.11. The summed E-state index contributed by atoms with van der Waals surface area (Å²) in [4.78, 5) is 22.4. The standard InChI is InChI=1S/C6H9NO4/c1-2-7-3-4(5(8)9)11-6(7)10/h4H,2-3H2,1H3,(H,8,9). The Bertz CT molecular complexity index is 191. The van der Waals surface area contributed by atoms with Gasteiger partial charge in [0.2, 0.25) is 6.10 Å². The molecule has 1 heterocycles. The van der Waals surface area contributed by atoms with Crippen LogP contribution in [-0.2, 0) is 9.53 Å². The summed E-state index contributed by atoms with van der Waals surface area (Å²) < 4.78 is 4.51. The first-order valence-electron chi connectivity index (χ1n) is 3.33. The van der Waals surface area contributed by atoms with Crippen LogP contribution >= 0.6 is 0 Å². The van der Waals surface area contributed by atoms with Crippen LogP contribution in [0.2, 0.25) is 0 Å². The molecule has 0 aliphatic carbocycles. The van der Waals surface area contributed by atoms with E-state index in [-0.39, 0.29) is 6.54 Å². The van der Waals surface area contributed by atoms with Gasteiger partial charge in [0.25, 0.3) is 0 Å². The largest absolute Gasteiger partial charge is 0.478 e. The molecule has 1 N–H and O–H groups in total. The summed E-state index contributed by atoms with van der Waals surface area (Å²) in [5.41, 5.74) is 0. The number of amides is 1. The minimum absolute atomic E-state index is 0.157. The zero-order valence-corrected chi connectivity index (χ0v) is 6.11. The fourth-order valence-corrected chi connectivity index (χ4v) is 0.895. The fourth-order valence-electron chi connectivity index (χ4n) is 0.895. The Morgan fingerprint density at radius 1 is 1.91 bits per heavy atom. The Kier molecular flexibility index (Phi) is 1.98. The molecule has 1 unspecified atom stereocenters. The lowest BCUT2D eigenvalue weighted by molar-refractivity contribution is -0.144. The predicted octanol–water partition coefficient (Wildman–Crippen LogP) is -0.0883. The van der Waals surface area contributed by atoms with E-state index >= 15 is 0 Å². The lowest BCUT2D eigenvalue weighted by Crippen LogP contribution is -2.27. The van der Waals surface area contributed by atoms with E-state index in [1.54, 1.807) is 6.92 Å². The normalized spacial score (nSPS) is 23.5. The van der Waals surface area contributed by atoms with E-state index in [4.69, 9.17) is 5.11 Å². The van der Waals surface area contributed by atoms with Gasteiger partial charge >= 0.3 is 12.1 Å². The SMILES string of the molecule is CCN1CC(C(=O)O)OC1=O. The summed E-state index contributed by atoms with van der Waals surface area (Å²) in [6.45, 7) is 2.42. The molecule has 1 fully saturated rings. The first-order valence-corrected chi connectivity index (χ1v) is 3.33. The van der Waals surface area contributed by atoms with Crippen molar-refractivity contribution >= 4 is 12.1 Å². The maximum atomic E-state index is 10.8. The zero-order chi connectivity index (χ0) is 8.43. The summed E-state index contributed by atoms with van der Waals surface area (Å²) in [5.74, 6) is -1.09. The molecule has 11 heavy (non-hydrogen) atoms. The third kappa shape index (κ3) is 1.42. The first-order chi connectivity index (χ1) is 5.15. The number of cyclic esters (lactones) is 1. The van der Waals surface area contributed by atoms with Crippen LogP contribution in [0.3, 0.4) is 0 Å². The van der Waals surface area contributed by atoms with Crippen LogP contribution in [0, 0.1) is 0 Å². The highest BCUT2D eigenvalue weighted by Gasteiger charge is 2.34.